The summed E-state index contributed by atoms with van der Waals surface area (Å²) in [4.78, 5) is 11.8. The first-order chi connectivity index (χ1) is 18.7. The number of hydrogen-bond donors (Lipinski definition) is 0. The van der Waals surface area contributed by atoms with Crippen LogP contribution in [0.3, 0.4) is 0 Å². The summed E-state index contributed by atoms with van der Waals surface area (Å²) in [6.07, 6.45) is 6.20. The van der Waals surface area contributed by atoms with Gasteiger partial charge in [-0.2, -0.15) is 0 Å². The van der Waals surface area contributed by atoms with E-state index in [-0.39, 0.29) is 28.7 Å². The van der Waals surface area contributed by atoms with E-state index in [1.807, 2.05) is 18.2 Å². The van der Waals surface area contributed by atoms with Crippen molar-refractivity contribution in [3.63, 3.8) is 0 Å². The van der Waals surface area contributed by atoms with Gasteiger partial charge in [-0.05, 0) is 102 Å². The Hall–Kier alpha value is -3.18. The van der Waals surface area contributed by atoms with Gasteiger partial charge in [0.05, 0.1) is 13.2 Å². The summed E-state index contributed by atoms with van der Waals surface area (Å²) in [5.74, 6) is 1.22. The van der Waals surface area contributed by atoms with E-state index < -0.39 is 0 Å². The van der Waals surface area contributed by atoms with E-state index in [4.69, 9.17) is 14.2 Å². The largest absolute Gasteiger partial charge is 0.497 e. The summed E-state index contributed by atoms with van der Waals surface area (Å²) in [5.41, 5.74) is 5.56. The molecule has 0 amide bonds. The van der Waals surface area contributed by atoms with Gasteiger partial charge in [-0.25, -0.2) is 4.39 Å². The summed E-state index contributed by atoms with van der Waals surface area (Å²) in [5, 5.41) is 0. The Balaban J connectivity index is 1.47. The Bertz CT molecular complexity index is 1360. The minimum Gasteiger partial charge on any atom is -0.497 e. The van der Waals surface area contributed by atoms with Gasteiger partial charge in [-0.3, -0.25) is 0 Å². The van der Waals surface area contributed by atoms with Gasteiger partial charge in [0, 0.05) is 24.0 Å². The summed E-state index contributed by atoms with van der Waals surface area (Å²) < 4.78 is 32.7. The number of benzene rings is 3. The molecule has 1 saturated carbocycles. The predicted molar refractivity (Wildman–Crippen MR) is 152 cm³/mol. The normalized spacial score (nSPS) is 21.1. The second-order valence-corrected chi connectivity index (χ2v) is 12.1. The van der Waals surface area contributed by atoms with Crippen LogP contribution in [0.1, 0.15) is 74.8 Å². The zero-order chi connectivity index (χ0) is 27.8. The summed E-state index contributed by atoms with van der Waals surface area (Å²) in [6, 6.07) is 17.2. The van der Waals surface area contributed by atoms with Crippen molar-refractivity contribution in [2.75, 3.05) is 14.2 Å². The molecule has 4 nitrogen and oxygen atoms in total. The van der Waals surface area contributed by atoms with Crippen molar-refractivity contribution >= 4 is 6.29 Å². The van der Waals surface area contributed by atoms with E-state index in [1.165, 1.54) is 17.2 Å². The second kappa shape index (κ2) is 10.8. The second-order valence-electron chi connectivity index (χ2n) is 12.1. The van der Waals surface area contributed by atoms with E-state index in [1.54, 1.807) is 26.4 Å². The van der Waals surface area contributed by atoms with Crippen LogP contribution in [0.5, 0.6) is 11.5 Å². The lowest BCUT2D eigenvalue weighted by molar-refractivity contribution is -0.117. The van der Waals surface area contributed by atoms with Gasteiger partial charge in [0.15, 0.2) is 0 Å². The molecule has 5 rings (SSSR count). The van der Waals surface area contributed by atoms with Crippen molar-refractivity contribution in [2.45, 2.75) is 71.0 Å². The topological polar surface area (TPSA) is 44.8 Å². The molecule has 0 N–H and O–H groups in total. The molecule has 1 spiro atoms. The Morgan fingerprint density at radius 3 is 2.46 bits per heavy atom. The van der Waals surface area contributed by atoms with Crippen molar-refractivity contribution in [3.05, 3.63) is 82.7 Å². The number of hydrogen-bond acceptors (Lipinski definition) is 4. The molecule has 1 fully saturated rings. The lowest BCUT2D eigenvalue weighted by Crippen LogP contribution is -2.47. The number of aryl methyl sites for hydroxylation is 1. The third kappa shape index (κ3) is 5.09. The smallest absolute Gasteiger partial charge is 0.131 e. The SMILES string of the molecule is COc1ccc(F)c(-c2ccc(COc3ccc4c(c3)[C@@]3(CCC4)CC[C@@H]3C=O)cc2[C@@H](OC)C(C)(C)C)c1. The van der Waals surface area contributed by atoms with Crippen LogP contribution in [0.4, 0.5) is 4.39 Å². The predicted octanol–water partition coefficient (Wildman–Crippen LogP) is 8.00. The maximum absolute atomic E-state index is 15.1. The van der Waals surface area contributed by atoms with Gasteiger partial charge in [-0.1, -0.05) is 39.0 Å². The Morgan fingerprint density at radius 1 is 1.00 bits per heavy atom. The molecule has 3 atom stereocenters. The first-order valence-electron chi connectivity index (χ1n) is 13.9. The molecule has 206 valence electrons. The highest BCUT2D eigenvalue weighted by molar-refractivity contribution is 5.70. The molecule has 0 heterocycles. The van der Waals surface area contributed by atoms with Gasteiger partial charge in [-0.15, -0.1) is 0 Å². The Morgan fingerprint density at radius 2 is 1.79 bits per heavy atom. The van der Waals surface area contributed by atoms with Crippen molar-refractivity contribution in [1.82, 2.24) is 0 Å². The fraction of sp³-hybridized carbons (Fsp3) is 0.441. The molecule has 2 aliphatic carbocycles. The van der Waals surface area contributed by atoms with Crippen LogP contribution in [-0.4, -0.2) is 20.5 Å². The average molecular weight is 531 g/mol. The number of rotatable bonds is 8. The standard InChI is InChI=1S/C34H39FO4/c1-33(2,3)32(38-5)29-17-22(8-12-27(29)28-18-25(37-4)11-13-31(28)35)21-39-26-10-9-23-7-6-15-34(30(23)19-26)16-14-24(34)20-36/h8-13,17-20,24,32H,6-7,14-16,21H2,1-5H3/t24-,32-,34+/m1/s1. The maximum atomic E-state index is 15.1. The van der Waals surface area contributed by atoms with Gasteiger partial charge in [0.1, 0.15) is 30.2 Å². The molecular formula is C34H39FO4. The molecule has 3 aromatic carbocycles. The molecule has 3 aromatic rings. The number of methoxy groups -OCH3 is 2. The van der Waals surface area contributed by atoms with Crippen molar-refractivity contribution in [3.8, 4) is 22.6 Å². The van der Waals surface area contributed by atoms with Gasteiger partial charge in [0.25, 0.3) is 0 Å². The lowest BCUT2D eigenvalue weighted by Gasteiger charge is -2.51. The highest BCUT2D eigenvalue weighted by Crippen LogP contribution is 2.55. The fourth-order valence-corrected chi connectivity index (χ4v) is 6.67. The number of fused-ring (bicyclic) bond motifs is 2. The highest BCUT2D eigenvalue weighted by Gasteiger charge is 2.49. The van der Waals surface area contributed by atoms with Crippen LogP contribution >= 0.6 is 0 Å². The minimum absolute atomic E-state index is 0.0112. The number of aldehydes is 1. The van der Waals surface area contributed by atoms with Gasteiger partial charge in [0.2, 0.25) is 0 Å². The van der Waals surface area contributed by atoms with Crippen LogP contribution in [0.25, 0.3) is 11.1 Å². The number of halogens is 1. The third-order valence-corrected chi connectivity index (χ3v) is 8.75. The fourth-order valence-electron chi connectivity index (χ4n) is 6.67. The molecular weight excluding hydrogens is 491 g/mol. The number of carbonyl (C=O) groups excluding carboxylic acids is 1. The van der Waals surface area contributed by atoms with Crippen LogP contribution in [0, 0.1) is 17.2 Å². The van der Waals surface area contributed by atoms with Crippen molar-refractivity contribution in [1.29, 1.82) is 0 Å². The van der Waals surface area contributed by atoms with Crippen molar-refractivity contribution in [2.24, 2.45) is 11.3 Å². The van der Waals surface area contributed by atoms with E-state index >= 15 is 4.39 Å². The number of carbonyl (C=O) groups is 1. The van der Waals surface area contributed by atoms with Crippen LogP contribution < -0.4 is 9.47 Å². The first kappa shape index (κ1) is 27.4. The minimum atomic E-state index is -0.308. The zero-order valence-corrected chi connectivity index (χ0v) is 23.7. The van der Waals surface area contributed by atoms with Crippen molar-refractivity contribution < 1.29 is 23.4 Å². The van der Waals surface area contributed by atoms with Crippen LogP contribution in [0.2, 0.25) is 0 Å². The van der Waals surface area contributed by atoms with Crippen LogP contribution in [0.15, 0.2) is 54.6 Å². The molecule has 0 saturated heterocycles. The molecule has 39 heavy (non-hydrogen) atoms. The summed E-state index contributed by atoms with van der Waals surface area (Å²) in [7, 11) is 3.28. The molecule has 0 bridgehead atoms. The monoisotopic (exact) mass is 530 g/mol. The molecule has 0 aliphatic heterocycles. The van der Waals surface area contributed by atoms with E-state index in [0.717, 1.165) is 60.8 Å². The van der Waals surface area contributed by atoms with Gasteiger partial charge < -0.3 is 19.0 Å². The quantitative estimate of drug-likeness (QED) is 0.277. The highest BCUT2D eigenvalue weighted by atomic mass is 19.1. The zero-order valence-electron chi connectivity index (χ0n) is 23.7. The average Bonchev–Trinajstić information content (AvgIpc) is 2.91. The van der Waals surface area contributed by atoms with Gasteiger partial charge >= 0.3 is 0 Å². The van der Waals surface area contributed by atoms with Crippen LogP contribution in [-0.2, 0) is 28.0 Å². The molecule has 0 unspecified atom stereocenters. The summed E-state index contributed by atoms with van der Waals surface area (Å²) >= 11 is 0. The summed E-state index contributed by atoms with van der Waals surface area (Å²) in [6.45, 7) is 6.72. The molecule has 0 radical (unpaired) electrons. The maximum Gasteiger partial charge on any atom is 0.131 e. The number of ether oxygens (including phenoxy) is 3. The van der Waals surface area contributed by atoms with E-state index in [9.17, 15) is 4.79 Å². The molecule has 5 heteroatoms. The third-order valence-electron chi connectivity index (χ3n) is 8.75. The Kier molecular flexibility index (Phi) is 7.56. The van der Waals surface area contributed by atoms with E-state index in [2.05, 4.69) is 39.0 Å². The molecule has 2 aliphatic rings. The lowest BCUT2D eigenvalue weighted by atomic mass is 9.52. The molecule has 0 aromatic heterocycles. The van der Waals surface area contributed by atoms with E-state index in [0.29, 0.717) is 17.9 Å². The Labute approximate surface area is 231 Å². The first-order valence-corrected chi connectivity index (χ1v) is 13.9.